The SMILES string of the molecule is CC(Nc1cc(F)ccc1[N+](=O)[O-])C(N)=O. The number of amides is 1. The van der Waals surface area contributed by atoms with Gasteiger partial charge in [0.25, 0.3) is 5.69 Å². The maximum atomic E-state index is 12.9. The van der Waals surface area contributed by atoms with Gasteiger partial charge in [0.15, 0.2) is 0 Å². The number of nitrogens with one attached hydrogen (secondary N) is 1. The molecule has 6 nitrogen and oxygen atoms in total. The summed E-state index contributed by atoms with van der Waals surface area (Å²) in [5.74, 6) is -1.32. The van der Waals surface area contributed by atoms with Crippen molar-refractivity contribution in [2.24, 2.45) is 5.73 Å². The highest BCUT2D eigenvalue weighted by molar-refractivity contribution is 5.83. The molecule has 16 heavy (non-hydrogen) atoms. The van der Waals surface area contributed by atoms with Crippen molar-refractivity contribution in [3.8, 4) is 0 Å². The second kappa shape index (κ2) is 4.56. The van der Waals surface area contributed by atoms with E-state index in [0.717, 1.165) is 18.2 Å². The summed E-state index contributed by atoms with van der Waals surface area (Å²) >= 11 is 0. The molecular formula is C9H10FN3O3. The van der Waals surface area contributed by atoms with E-state index in [2.05, 4.69) is 5.32 Å². The molecule has 0 fully saturated rings. The number of rotatable bonds is 4. The van der Waals surface area contributed by atoms with Crippen LogP contribution >= 0.6 is 0 Å². The Balaban J connectivity index is 3.05. The van der Waals surface area contributed by atoms with Crippen molar-refractivity contribution >= 4 is 17.3 Å². The number of hydrogen-bond acceptors (Lipinski definition) is 4. The largest absolute Gasteiger partial charge is 0.368 e. The molecule has 0 spiro atoms. The fourth-order valence-electron chi connectivity index (χ4n) is 1.09. The van der Waals surface area contributed by atoms with Gasteiger partial charge in [-0.25, -0.2) is 4.39 Å². The number of carbonyl (C=O) groups is 1. The monoisotopic (exact) mass is 227 g/mol. The normalized spacial score (nSPS) is 11.9. The van der Waals surface area contributed by atoms with Gasteiger partial charge in [-0.15, -0.1) is 0 Å². The van der Waals surface area contributed by atoms with E-state index in [9.17, 15) is 19.3 Å². The Kier molecular flexibility index (Phi) is 3.39. The Morgan fingerprint density at radius 3 is 2.75 bits per heavy atom. The van der Waals surface area contributed by atoms with Crippen LogP contribution in [0.1, 0.15) is 6.92 Å². The van der Waals surface area contributed by atoms with E-state index in [1.165, 1.54) is 6.92 Å². The van der Waals surface area contributed by atoms with Crippen LogP contribution in [0.5, 0.6) is 0 Å². The number of anilines is 1. The van der Waals surface area contributed by atoms with Gasteiger partial charge in [-0.05, 0) is 13.0 Å². The Bertz CT molecular complexity index is 436. The molecule has 3 N–H and O–H groups in total. The van der Waals surface area contributed by atoms with E-state index >= 15 is 0 Å². The molecule has 1 atom stereocenters. The molecule has 86 valence electrons. The van der Waals surface area contributed by atoms with Crippen LogP contribution < -0.4 is 11.1 Å². The number of benzene rings is 1. The van der Waals surface area contributed by atoms with Crippen LogP contribution in [0.15, 0.2) is 18.2 Å². The molecule has 1 aromatic carbocycles. The zero-order valence-electron chi connectivity index (χ0n) is 8.44. The molecule has 0 aliphatic heterocycles. The van der Waals surface area contributed by atoms with Gasteiger partial charge in [0, 0.05) is 12.1 Å². The molecule has 1 rings (SSSR count). The summed E-state index contributed by atoms with van der Waals surface area (Å²) in [6, 6.07) is 2.11. The number of nitro groups is 1. The van der Waals surface area contributed by atoms with Gasteiger partial charge < -0.3 is 11.1 Å². The van der Waals surface area contributed by atoms with Crippen molar-refractivity contribution in [2.45, 2.75) is 13.0 Å². The summed E-state index contributed by atoms with van der Waals surface area (Å²) in [5.41, 5.74) is 4.60. The van der Waals surface area contributed by atoms with E-state index in [1.807, 2.05) is 0 Å². The second-order valence-electron chi connectivity index (χ2n) is 3.19. The first kappa shape index (κ1) is 11.9. The van der Waals surface area contributed by atoms with Gasteiger partial charge in [0.2, 0.25) is 5.91 Å². The Hall–Kier alpha value is -2.18. The average Bonchev–Trinajstić information content (AvgIpc) is 2.16. The van der Waals surface area contributed by atoms with Crippen LogP contribution in [0.3, 0.4) is 0 Å². The number of carbonyl (C=O) groups excluding carboxylic acids is 1. The third kappa shape index (κ3) is 2.66. The number of nitrogens with two attached hydrogens (primary N) is 1. The van der Waals surface area contributed by atoms with Gasteiger partial charge in [-0.2, -0.15) is 0 Å². The Morgan fingerprint density at radius 2 is 2.25 bits per heavy atom. The number of primary amides is 1. The van der Waals surface area contributed by atoms with Gasteiger partial charge in [-0.1, -0.05) is 0 Å². The summed E-state index contributed by atoms with van der Waals surface area (Å²) in [4.78, 5) is 20.7. The molecule has 0 radical (unpaired) electrons. The first-order valence-electron chi connectivity index (χ1n) is 4.41. The fourth-order valence-corrected chi connectivity index (χ4v) is 1.09. The van der Waals surface area contributed by atoms with E-state index < -0.39 is 22.7 Å². The molecule has 7 heteroatoms. The minimum atomic E-state index is -0.819. The van der Waals surface area contributed by atoms with E-state index in [4.69, 9.17) is 5.73 Å². The lowest BCUT2D eigenvalue weighted by Gasteiger charge is -2.11. The van der Waals surface area contributed by atoms with Crippen molar-refractivity contribution in [1.29, 1.82) is 0 Å². The van der Waals surface area contributed by atoms with Crippen LogP contribution in [0, 0.1) is 15.9 Å². The summed E-state index contributed by atoms with van der Waals surface area (Å²) in [5, 5.41) is 13.1. The van der Waals surface area contributed by atoms with E-state index in [1.54, 1.807) is 0 Å². The molecule has 0 aliphatic carbocycles. The number of halogens is 1. The predicted molar refractivity (Wildman–Crippen MR) is 55.3 cm³/mol. The van der Waals surface area contributed by atoms with Gasteiger partial charge >= 0.3 is 0 Å². The topological polar surface area (TPSA) is 98.3 Å². The van der Waals surface area contributed by atoms with Crippen LogP contribution in [0.2, 0.25) is 0 Å². The molecular weight excluding hydrogens is 217 g/mol. The van der Waals surface area contributed by atoms with Crippen molar-refractivity contribution in [3.63, 3.8) is 0 Å². The highest BCUT2D eigenvalue weighted by atomic mass is 19.1. The maximum absolute atomic E-state index is 12.9. The molecule has 1 amide bonds. The van der Waals surface area contributed by atoms with Gasteiger partial charge in [0.05, 0.1) is 4.92 Å². The first-order chi connectivity index (χ1) is 7.41. The predicted octanol–water partition coefficient (Wildman–Crippen LogP) is 1.02. The number of hydrogen-bond donors (Lipinski definition) is 2. The fraction of sp³-hybridized carbons (Fsp3) is 0.222. The zero-order chi connectivity index (χ0) is 12.3. The van der Waals surface area contributed by atoms with Crippen molar-refractivity contribution in [3.05, 3.63) is 34.1 Å². The Morgan fingerprint density at radius 1 is 1.62 bits per heavy atom. The molecule has 0 saturated carbocycles. The van der Waals surface area contributed by atoms with Crippen LogP contribution in [0.25, 0.3) is 0 Å². The summed E-state index contributed by atoms with van der Waals surface area (Å²) < 4.78 is 12.9. The third-order valence-corrected chi connectivity index (χ3v) is 1.95. The second-order valence-corrected chi connectivity index (χ2v) is 3.19. The molecule has 0 aromatic heterocycles. The molecule has 1 unspecified atom stereocenters. The lowest BCUT2D eigenvalue weighted by atomic mass is 10.2. The minimum Gasteiger partial charge on any atom is -0.368 e. The summed E-state index contributed by atoms with van der Waals surface area (Å²) in [7, 11) is 0. The summed E-state index contributed by atoms with van der Waals surface area (Å²) in [6.45, 7) is 1.43. The Labute approximate surface area is 90.4 Å². The smallest absolute Gasteiger partial charge is 0.292 e. The van der Waals surface area contributed by atoms with Gasteiger partial charge in [-0.3, -0.25) is 14.9 Å². The molecule has 0 aliphatic rings. The van der Waals surface area contributed by atoms with E-state index in [0.29, 0.717) is 0 Å². The van der Waals surface area contributed by atoms with Crippen LogP contribution in [-0.2, 0) is 4.79 Å². The first-order valence-corrected chi connectivity index (χ1v) is 4.41. The van der Waals surface area contributed by atoms with Crippen LogP contribution in [-0.4, -0.2) is 16.9 Å². The van der Waals surface area contributed by atoms with Crippen molar-refractivity contribution < 1.29 is 14.1 Å². The third-order valence-electron chi connectivity index (χ3n) is 1.95. The number of nitrogens with zero attached hydrogens (tertiary/aromatic N) is 1. The lowest BCUT2D eigenvalue weighted by Crippen LogP contribution is -2.32. The standard InChI is InChI=1S/C9H10FN3O3/c1-5(9(11)14)12-7-4-6(10)2-3-8(7)13(15)16/h2-5,12H,1H3,(H2,11,14). The summed E-state index contributed by atoms with van der Waals surface area (Å²) in [6.07, 6.45) is 0. The average molecular weight is 227 g/mol. The molecule has 0 saturated heterocycles. The van der Waals surface area contributed by atoms with E-state index in [-0.39, 0.29) is 11.4 Å². The maximum Gasteiger partial charge on any atom is 0.292 e. The van der Waals surface area contributed by atoms with Crippen molar-refractivity contribution in [2.75, 3.05) is 5.32 Å². The highest BCUT2D eigenvalue weighted by Gasteiger charge is 2.17. The quantitative estimate of drug-likeness (QED) is 0.592. The zero-order valence-corrected chi connectivity index (χ0v) is 8.44. The number of nitro benzene ring substituents is 1. The van der Waals surface area contributed by atoms with Crippen molar-refractivity contribution in [1.82, 2.24) is 0 Å². The minimum absolute atomic E-state index is 0.0729. The molecule has 0 bridgehead atoms. The lowest BCUT2D eigenvalue weighted by molar-refractivity contribution is -0.384. The molecule has 1 aromatic rings. The molecule has 0 heterocycles. The van der Waals surface area contributed by atoms with Gasteiger partial charge in [0.1, 0.15) is 17.5 Å². The highest BCUT2D eigenvalue weighted by Crippen LogP contribution is 2.25. The van der Waals surface area contributed by atoms with Crippen LogP contribution in [0.4, 0.5) is 15.8 Å².